The molecule has 0 fully saturated rings. The van der Waals surface area contributed by atoms with E-state index in [0.717, 1.165) is 17.3 Å². The van der Waals surface area contributed by atoms with Gasteiger partial charge in [0, 0.05) is 0 Å². The summed E-state index contributed by atoms with van der Waals surface area (Å²) in [5, 5.41) is 16.8. The van der Waals surface area contributed by atoms with E-state index in [0.29, 0.717) is 17.3 Å². The first-order valence-corrected chi connectivity index (χ1v) is 9.53. The van der Waals surface area contributed by atoms with Gasteiger partial charge in [0.05, 0.1) is 29.0 Å². The summed E-state index contributed by atoms with van der Waals surface area (Å²) in [7, 11) is 0. The summed E-state index contributed by atoms with van der Waals surface area (Å²) in [4.78, 5) is 11.5. The summed E-state index contributed by atoms with van der Waals surface area (Å²) in [6.45, 7) is 6.44. The maximum absolute atomic E-state index is 11.5. The summed E-state index contributed by atoms with van der Waals surface area (Å²) in [5.74, 6) is 0.113. The van der Waals surface area contributed by atoms with E-state index in [1.807, 2.05) is 18.2 Å². The van der Waals surface area contributed by atoms with Crippen molar-refractivity contribution >= 4 is 35.0 Å². The number of phenols is 1. The smallest absolute Gasteiger partial charge is 0.252 e. The number of nitrogens with two attached hydrogens (primary N) is 1. The van der Waals surface area contributed by atoms with Crippen molar-refractivity contribution in [1.29, 1.82) is 0 Å². The molecule has 0 aliphatic carbocycles. The van der Waals surface area contributed by atoms with E-state index in [2.05, 4.69) is 52.3 Å². The second-order valence-electron chi connectivity index (χ2n) is 7.51. The van der Waals surface area contributed by atoms with E-state index in [4.69, 9.17) is 5.73 Å². The predicted octanol–water partition coefficient (Wildman–Crippen LogP) is 4.29. The van der Waals surface area contributed by atoms with Crippen LogP contribution in [-0.4, -0.2) is 19.8 Å². The third-order valence-electron chi connectivity index (χ3n) is 4.32. The normalized spacial score (nSPS) is 12.4. The molecule has 0 unspecified atom stereocenters. The lowest BCUT2D eigenvalue weighted by Gasteiger charge is -2.32. The van der Waals surface area contributed by atoms with Crippen molar-refractivity contribution in [2.45, 2.75) is 26.8 Å². The van der Waals surface area contributed by atoms with E-state index in [9.17, 15) is 9.90 Å². The number of para-hydroxylation sites is 1. The number of benzene rings is 2. The average Bonchev–Trinajstić information content (AvgIpc) is 3.08. The Kier molecular flexibility index (Phi) is 5.51. The molecule has 0 spiro atoms. The van der Waals surface area contributed by atoms with Gasteiger partial charge in [0.25, 0.3) is 5.91 Å². The molecule has 0 bridgehead atoms. The number of amides is 1. The molecule has 146 valence electrons. The minimum atomic E-state index is -0.701. The van der Waals surface area contributed by atoms with Crippen LogP contribution in [0.3, 0.4) is 0 Å². The van der Waals surface area contributed by atoms with Crippen molar-refractivity contribution in [3.05, 3.63) is 59.7 Å². The van der Waals surface area contributed by atoms with Crippen LogP contribution in [0, 0.1) is 5.41 Å². The largest absolute Gasteiger partial charge is 0.505 e. The minimum Gasteiger partial charge on any atom is -0.505 e. The van der Waals surface area contributed by atoms with Crippen molar-refractivity contribution in [3.8, 4) is 5.75 Å². The van der Waals surface area contributed by atoms with Crippen molar-refractivity contribution in [1.82, 2.24) is 8.75 Å². The lowest BCUT2D eigenvalue weighted by molar-refractivity contribution is 0.0998. The highest BCUT2D eigenvalue weighted by atomic mass is 32.1. The molecule has 1 amide bonds. The Hall–Kier alpha value is -3.13. The molecule has 1 atom stereocenters. The molecule has 5 N–H and O–H groups in total. The van der Waals surface area contributed by atoms with Gasteiger partial charge in [-0.25, -0.2) is 0 Å². The summed E-state index contributed by atoms with van der Waals surface area (Å²) in [5.41, 5.74) is 6.72. The zero-order valence-corrected chi connectivity index (χ0v) is 16.7. The first-order valence-electron chi connectivity index (χ1n) is 8.80. The number of hydrogen-bond acceptors (Lipinski definition) is 7. The zero-order chi connectivity index (χ0) is 20.3. The molecule has 3 rings (SSSR count). The molecule has 3 aromatic rings. The van der Waals surface area contributed by atoms with Gasteiger partial charge >= 0.3 is 0 Å². The number of aromatic hydroxyl groups is 1. The van der Waals surface area contributed by atoms with Gasteiger partial charge in [0.15, 0.2) is 17.4 Å². The summed E-state index contributed by atoms with van der Waals surface area (Å²) in [6, 6.07) is 14.9. The summed E-state index contributed by atoms with van der Waals surface area (Å²) >= 11 is 1.05. The van der Waals surface area contributed by atoms with Crippen molar-refractivity contribution in [3.63, 3.8) is 0 Å². The van der Waals surface area contributed by atoms with Crippen LogP contribution in [0.1, 0.15) is 42.7 Å². The quantitative estimate of drug-likeness (QED) is 0.462. The summed E-state index contributed by atoms with van der Waals surface area (Å²) in [6.07, 6.45) is 0. The van der Waals surface area contributed by atoms with Gasteiger partial charge in [0.2, 0.25) is 0 Å². The fraction of sp³-hybridized carbons (Fsp3) is 0.250. The van der Waals surface area contributed by atoms with Crippen LogP contribution in [-0.2, 0) is 0 Å². The van der Waals surface area contributed by atoms with Gasteiger partial charge in [-0.15, -0.1) is 0 Å². The Morgan fingerprint density at radius 2 is 1.75 bits per heavy atom. The molecule has 28 heavy (non-hydrogen) atoms. The number of carbonyl (C=O) groups excluding carboxylic acids is 1. The Balaban J connectivity index is 1.90. The van der Waals surface area contributed by atoms with Crippen LogP contribution in [0.5, 0.6) is 5.75 Å². The van der Waals surface area contributed by atoms with Gasteiger partial charge in [-0.3, -0.25) is 4.79 Å². The van der Waals surface area contributed by atoms with Crippen LogP contribution in [0.2, 0.25) is 0 Å². The number of nitrogens with zero attached hydrogens (tertiary/aromatic N) is 2. The number of rotatable bonds is 6. The first kappa shape index (κ1) is 19.6. The molecule has 0 aliphatic rings. The van der Waals surface area contributed by atoms with Crippen LogP contribution in [0.4, 0.5) is 17.3 Å². The molecular weight excluding hydrogens is 374 g/mol. The van der Waals surface area contributed by atoms with Crippen LogP contribution in [0.15, 0.2) is 48.5 Å². The SMILES string of the molecule is CC(C)(C)[C@@H](Nc1nsnc1Nc1cccc(C(N)=O)c1O)c1ccccc1. The third kappa shape index (κ3) is 4.23. The number of primary amides is 1. The maximum atomic E-state index is 11.5. The number of anilines is 3. The van der Waals surface area contributed by atoms with E-state index in [1.54, 1.807) is 12.1 Å². The Labute approximate surface area is 167 Å². The molecule has 0 radical (unpaired) electrons. The van der Waals surface area contributed by atoms with Gasteiger partial charge < -0.3 is 21.5 Å². The minimum absolute atomic E-state index is 0.0105. The topological polar surface area (TPSA) is 113 Å². The van der Waals surface area contributed by atoms with Gasteiger partial charge in [0.1, 0.15) is 0 Å². The van der Waals surface area contributed by atoms with Crippen molar-refractivity contribution < 1.29 is 9.90 Å². The van der Waals surface area contributed by atoms with E-state index in [1.165, 1.54) is 6.07 Å². The van der Waals surface area contributed by atoms with E-state index < -0.39 is 5.91 Å². The molecule has 2 aromatic carbocycles. The van der Waals surface area contributed by atoms with E-state index in [-0.39, 0.29) is 22.8 Å². The summed E-state index contributed by atoms with van der Waals surface area (Å²) < 4.78 is 8.65. The lowest BCUT2D eigenvalue weighted by Crippen LogP contribution is -2.26. The second-order valence-corrected chi connectivity index (χ2v) is 8.03. The first-order chi connectivity index (χ1) is 13.3. The highest BCUT2D eigenvalue weighted by Crippen LogP contribution is 2.38. The molecule has 7 nitrogen and oxygen atoms in total. The number of nitrogens with one attached hydrogen (secondary N) is 2. The third-order valence-corrected chi connectivity index (χ3v) is 4.85. The van der Waals surface area contributed by atoms with Gasteiger partial charge in [-0.2, -0.15) is 8.75 Å². The van der Waals surface area contributed by atoms with Crippen LogP contribution < -0.4 is 16.4 Å². The molecule has 8 heteroatoms. The van der Waals surface area contributed by atoms with Crippen LogP contribution >= 0.6 is 11.7 Å². The maximum Gasteiger partial charge on any atom is 0.252 e. The molecule has 0 saturated carbocycles. The number of carbonyl (C=O) groups is 1. The second kappa shape index (κ2) is 7.85. The molecule has 0 aliphatic heterocycles. The Morgan fingerprint density at radius 1 is 1.07 bits per heavy atom. The van der Waals surface area contributed by atoms with E-state index >= 15 is 0 Å². The number of hydrogen-bond donors (Lipinski definition) is 4. The van der Waals surface area contributed by atoms with Crippen molar-refractivity contribution in [2.24, 2.45) is 11.1 Å². The van der Waals surface area contributed by atoms with Gasteiger partial charge in [-0.05, 0) is 23.1 Å². The lowest BCUT2D eigenvalue weighted by atomic mass is 9.82. The fourth-order valence-corrected chi connectivity index (χ4v) is 3.39. The number of aromatic nitrogens is 2. The van der Waals surface area contributed by atoms with Gasteiger partial charge in [-0.1, -0.05) is 57.2 Å². The predicted molar refractivity (Wildman–Crippen MR) is 112 cm³/mol. The Morgan fingerprint density at radius 3 is 2.39 bits per heavy atom. The zero-order valence-electron chi connectivity index (χ0n) is 15.9. The molecular formula is C20H23N5O2S. The highest BCUT2D eigenvalue weighted by molar-refractivity contribution is 6.99. The highest BCUT2D eigenvalue weighted by Gasteiger charge is 2.28. The molecule has 1 aromatic heterocycles. The van der Waals surface area contributed by atoms with Crippen LogP contribution in [0.25, 0.3) is 0 Å². The standard InChI is InChI=1S/C20H23N5O2S/c1-20(2,3)16(12-8-5-4-6-9-12)23-19-18(24-28-25-19)22-14-11-7-10-13(15(14)26)17(21)27/h4-11,16,26H,1-3H3,(H2,21,27)(H,22,24)(H,23,25)/t16-/m0/s1. The Bertz CT molecular complexity index is 966. The average molecular weight is 398 g/mol. The molecule has 0 saturated heterocycles. The monoisotopic (exact) mass is 397 g/mol. The van der Waals surface area contributed by atoms with Crippen molar-refractivity contribution in [2.75, 3.05) is 10.6 Å². The fourth-order valence-electron chi connectivity index (χ4n) is 2.92. The molecule has 1 heterocycles.